The van der Waals surface area contributed by atoms with E-state index in [1.165, 1.54) is 11.8 Å². The average Bonchev–Trinajstić information content (AvgIpc) is 3.20. The first-order chi connectivity index (χ1) is 12.1. The largest absolute Gasteiger partial charge is 0.356 e. The van der Waals surface area contributed by atoms with Crippen molar-refractivity contribution in [1.29, 1.82) is 0 Å². The Hall–Kier alpha value is -2.26. The zero-order chi connectivity index (χ0) is 17.8. The van der Waals surface area contributed by atoms with Gasteiger partial charge >= 0.3 is 0 Å². The highest BCUT2D eigenvalue weighted by molar-refractivity contribution is 9.10. The molecule has 1 aromatic carbocycles. The third kappa shape index (κ3) is 4.05. The van der Waals surface area contributed by atoms with Gasteiger partial charge in [-0.1, -0.05) is 23.9 Å². The molecule has 0 saturated heterocycles. The van der Waals surface area contributed by atoms with Crippen LogP contribution in [0.4, 0.5) is 0 Å². The lowest BCUT2D eigenvalue weighted by atomic mass is 10.3. The quantitative estimate of drug-likeness (QED) is 0.436. The number of hydrazine groups is 1. The summed E-state index contributed by atoms with van der Waals surface area (Å²) in [5, 5.41) is 0.776. The van der Waals surface area contributed by atoms with Gasteiger partial charge in [0.05, 0.1) is 16.8 Å². The molecule has 9 heteroatoms. The summed E-state index contributed by atoms with van der Waals surface area (Å²) in [6.07, 6.45) is 1.64. The van der Waals surface area contributed by atoms with E-state index < -0.39 is 5.91 Å². The molecular weight excluding hydrogens is 406 g/mol. The van der Waals surface area contributed by atoms with E-state index in [1.807, 2.05) is 31.2 Å². The van der Waals surface area contributed by atoms with Crippen molar-refractivity contribution in [3.05, 3.63) is 46.7 Å². The molecule has 25 heavy (non-hydrogen) atoms. The summed E-state index contributed by atoms with van der Waals surface area (Å²) in [4.78, 5) is 31.2. The van der Waals surface area contributed by atoms with Crippen molar-refractivity contribution in [2.75, 3.05) is 5.75 Å². The van der Waals surface area contributed by atoms with Crippen LogP contribution in [0.1, 0.15) is 17.4 Å². The number of nitrogens with one attached hydrogen (secondary N) is 3. The Labute approximate surface area is 156 Å². The fraction of sp³-hybridized carbons (Fsp3) is 0.188. The van der Waals surface area contributed by atoms with Crippen molar-refractivity contribution >= 4 is 50.5 Å². The number of nitrogens with zero attached hydrogens (tertiary/aromatic N) is 2. The van der Waals surface area contributed by atoms with Gasteiger partial charge in [0.1, 0.15) is 5.69 Å². The second kappa shape index (κ2) is 7.75. The van der Waals surface area contributed by atoms with Gasteiger partial charge in [-0.2, -0.15) is 0 Å². The lowest BCUT2D eigenvalue weighted by Crippen LogP contribution is -2.42. The minimum Gasteiger partial charge on any atom is -0.356 e. The van der Waals surface area contributed by atoms with Gasteiger partial charge in [0.15, 0.2) is 5.16 Å². The van der Waals surface area contributed by atoms with Gasteiger partial charge in [0.25, 0.3) is 5.91 Å². The number of para-hydroxylation sites is 2. The fourth-order valence-electron chi connectivity index (χ4n) is 2.33. The minimum absolute atomic E-state index is 0.151. The van der Waals surface area contributed by atoms with Gasteiger partial charge in [-0.25, -0.2) is 4.98 Å². The first-order valence-corrected chi connectivity index (χ1v) is 9.37. The molecule has 0 bridgehead atoms. The van der Waals surface area contributed by atoms with Crippen LogP contribution in [0.3, 0.4) is 0 Å². The van der Waals surface area contributed by atoms with Crippen LogP contribution >= 0.6 is 27.7 Å². The number of fused-ring (bicyclic) bond motifs is 1. The fourth-order valence-corrected chi connectivity index (χ4v) is 3.55. The highest BCUT2D eigenvalue weighted by atomic mass is 79.9. The molecule has 0 radical (unpaired) electrons. The smallest absolute Gasteiger partial charge is 0.286 e. The third-order valence-electron chi connectivity index (χ3n) is 3.48. The number of H-pyrrole nitrogens is 1. The zero-order valence-electron chi connectivity index (χ0n) is 13.4. The van der Waals surface area contributed by atoms with Crippen molar-refractivity contribution in [2.45, 2.75) is 18.6 Å². The number of thioether (sulfide) groups is 1. The first-order valence-electron chi connectivity index (χ1n) is 7.59. The normalized spacial score (nSPS) is 10.8. The van der Waals surface area contributed by atoms with Gasteiger partial charge in [0.2, 0.25) is 5.91 Å². The highest BCUT2D eigenvalue weighted by Crippen LogP contribution is 2.23. The zero-order valence-corrected chi connectivity index (χ0v) is 15.8. The topological polar surface area (TPSA) is 91.8 Å². The first kappa shape index (κ1) is 17.6. The summed E-state index contributed by atoms with van der Waals surface area (Å²) >= 11 is 4.58. The van der Waals surface area contributed by atoms with E-state index in [-0.39, 0.29) is 11.7 Å². The Morgan fingerprint density at radius 2 is 2.12 bits per heavy atom. The van der Waals surface area contributed by atoms with E-state index >= 15 is 0 Å². The molecule has 3 rings (SSSR count). The van der Waals surface area contributed by atoms with Crippen LogP contribution in [-0.4, -0.2) is 32.1 Å². The van der Waals surface area contributed by atoms with E-state index in [0.717, 1.165) is 27.2 Å². The van der Waals surface area contributed by atoms with Crippen molar-refractivity contribution in [3.63, 3.8) is 0 Å². The molecule has 2 heterocycles. The molecule has 0 saturated carbocycles. The Morgan fingerprint density at radius 3 is 2.84 bits per heavy atom. The number of carbonyl (C=O) groups excluding carboxylic acids is 2. The predicted octanol–water partition coefficient (Wildman–Crippen LogP) is 2.70. The maximum Gasteiger partial charge on any atom is 0.286 e. The summed E-state index contributed by atoms with van der Waals surface area (Å²) < 4.78 is 2.82. The molecule has 2 amide bonds. The van der Waals surface area contributed by atoms with Crippen LogP contribution < -0.4 is 10.9 Å². The van der Waals surface area contributed by atoms with Gasteiger partial charge in [0, 0.05) is 17.2 Å². The summed E-state index contributed by atoms with van der Waals surface area (Å²) in [6, 6.07) is 9.47. The molecule has 3 N–H and O–H groups in total. The number of aromatic nitrogens is 3. The molecular formula is C16H16BrN5O2S. The van der Waals surface area contributed by atoms with E-state index in [2.05, 4.69) is 41.3 Å². The molecule has 0 aliphatic heterocycles. The summed E-state index contributed by atoms with van der Waals surface area (Å²) in [5.41, 5.74) is 7.07. The number of benzene rings is 1. The molecule has 7 nitrogen and oxygen atoms in total. The van der Waals surface area contributed by atoms with Gasteiger partial charge in [-0.15, -0.1) is 0 Å². The molecule has 0 aliphatic rings. The lowest BCUT2D eigenvalue weighted by molar-refractivity contribution is -0.119. The molecule has 0 unspecified atom stereocenters. The number of hydrogen-bond acceptors (Lipinski definition) is 4. The number of halogens is 1. The number of aromatic amines is 1. The summed E-state index contributed by atoms with van der Waals surface area (Å²) in [6.45, 7) is 2.80. The van der Waals surface area contributed by atoms with Crippen molar-refractivity contribution in [2.24, 2.45) is 0 Å². The van der Waals surface area contributed by atoms with Crippen molar-refractivity contribution in [3.8, 4) is 0 Å². The Balaban J connectivity index is 1.56. The maximum absolute atomic E-state index is 12.0. The van der Waals surface area contributed by atoms with E-state index in [9.17, 15) is 9.59 Å². The second-order valence-electron chi connectivity index (χ2n) is 5.15. The van der Waals surface area contributed by atoms with Crippen molar-refractivity contribution < 1.29 is 9.59 Å². The van der Waals surface area contributed by atoms with Crippen LogP contribution in [-0.2, 0) is 11.3 Å². The Kier molecular flexibility index (Phi) is 5.44. The predicted molar refractivity (Wildman–Crippen MR) is 100 cm³/mol. The summed E-state index contributed by atoms with van der Waals surface area (Å²) in [5.74, 6) is -0.568. The molecule has 0 spiro atoms. The molecule has 0 fully saturated rings. The van der Waals surface area contributed by atoms with Gasteiger partial charge < -0.3 is 9.55 Å². The number of aryl methyl sites for hydroxylation is 1. The Bertz CT molecular complexity index is 920. The second-order valence-corrected chi connectivity index (χ2v) is 7.01. The van der Waals surface area contributed by atoms with Crippen molar-refractivity contribution in [1.82, 2.24) is 25.4 Å². The Morgan fingerprint density at radius 1 is 1.32 bits per heavy atom. The van der Waals surface area contributed by atoms with Gasteiger partial charge in [-0.3, -0.25) is 20.4 Å². The number of imidazole rings is 1. The number of hydrogen-bond donors (Lipinski definition) is 3. The monoisotopic (exact) mass is 421 g/mol. The lowest BCUT2D eigenvalue weighted by Gasteiger charge is -2.07. The molecule has 0 atom stereocenters. The van der Waals surface area contributed by atoms with Crippen LogP contribution in [0, 0.1) is 0 Å². The number of carbonyl (C=O) groups is 2. The van der Waals surface area contributed by atoms with Crippen LogP contribution in [0.15, 0.2) is 46.2 Å². The van der Waals surface area contributed by atoms with E-state index in [0.29, 0.717) is 5.69 Å². The molecule has 2 aromatic heterocycles. The van der Waals surface area contributed by atoms with Gasteiger partial charge in [-0.05, 0) is 41.1 Å². The summed E-state index contributed by atoms with van der Waals surface area (Å²) in [7, 11) is 0. The molecule has 130 valence electrons. The van der Waals surface area contributed by atoms with Crippen LogP contribution in [0.25, 0.3) is 11.0 Å². The standard InChI is InChI=1S/C16H16BrN5O2S/c1-2-22-13-6-4-3-5-11(13)19-16(22)25-9-14(23)20-21-15(24)12-7-10(17)8-18-12/h3-8,18H,2,9H2,1H3,(H,20,23)(H,21,24). The number of amides is 2. The third-order valence-corrected chi connectivity index (χ3v) is 4.91. The van der Waals surface area contributed by atoms with E-state index in [1.54, 1.807) is 12.3 Å². The highest BCUT2D eigenvalue weighted by Gasteiger charge is 2.13. The maximum atomic E-state index is 12.0. The van der Waals surface area contributed by atoms with Crippen LogP contribution in [0.5, 0.6) is 0 Å². The molecule has 3 aromatic rings. The van der Waals surface area contributed by atoms with E-state index in [4.69, 9.17) is 0 Å². The minimum atomic E-state index is -0.412. The molecule has 0 aliphatic carbocycles. The SMILES string of the molecule is CCn1c(SCC(=O)NNC(=O)c2cc(Br)c[nH]2)nc2ccccc21. The number of rotatable bonds is 5. The average molecular weight is 422 g/mol. The van der Waals surface area contributed by atoms with Crippen LogP contribution in [0.2, 0.25) is 0 Å².